The van der Waals surface area contributed by atoms with E-state index >= 15 is 0 Å². The molecule has 25 heavy (non-hydrogen) atoms. The summed E-state index contributed by atoms with van der Waals surface area (Å²) in [6, 6.07) is 3.94. The summed E-state index contributed by atoms with van der Waals surface area (Å²) in [7, 11) is 0. The molecule has 1 aromatic heterocycles. The standard InChI is InChI=1S/C11H12N4OS.C6H8N2/c1-3-15-10(16)7-17-11(15)9(6-13)8(2)14-5-4-12;1-3-6-5(2)7-4-8-6/h14H,2-3,5,7H2,1H3;3-4H,1H2,2H3,(H,7,8)/b11-9-;. The van der Waals surface area contributed by atoms with Gasteiger partial charge >= 0.3 is 0 Å². The molecule has 1 aliphatic heterocycles. The van der Waals surface area contributed by atoms with Gasteiger partial charge in [-0.25, -0.2) is 4.98 Å². The largest absolute Gasteiger partial charge is 0.372 e. The van der Waals surface area contributed by atoms with Crippen molar-refractivity contribution in [3.63, 3.8) is 0 Å². The van der Waals surface area contributed by atoms with Crippen molar-refractivity contribution in [1.82, 2.24) is 20.2 Å². The van der Waals surface area contributed by atoms with Gasteiger partial charge < -0.3 is 15.2 Å². The Morgan fingerprint density at radius 3 is 2.76 bits per heavy atom. The van der Waals surface area contributed by atoms with E-state index in [1.807, 2.05) is 26.0 Å². The molecule has 0 spiro atoms. The molecule has 1 amide bonds. The Kier molecular flexibility index (Phi) is 8.04. The van der Waals surface area contributed by atoms with E-state index in [4.69, 9.17) is 10.5 Å². The van der Waals surface area contributed by atoms with Crippen molar-refractivity contribution in [1.29, 1.82) is 10.5 Å². The number of H-pyrrole nitrogens is 1. The SMILES string of the molecule is C=C(NCC#N)/C(C#N)=C1\SCC(=O)N1CC.C=Cc1nc[nH]c1C. The number of aryl methyl sites for hydroxylation is 1. The van der Waals surface area contributed by atoms with Gasteiger partial charge in [-0.15, -0.1) is 0 Å². The first kappa shape index (κ1) is 20.1. The number of carbonyl (C=O) groups is 1. The highest BCUT2D eigenvalue weighted by Crippen LogP contribution is 2.32. The molecular weight excluding hydrogens is 336 g/mol. The Bertz CT molecular complexity index is 765. The molecule has 0 aromatic carbocycles. The van der Waals surface area contributed by atoms with E-state index in [0.717, 1.165) is 11.4 Å². The second-order valence-corrected chi connectivity index (χ2v) is 5.79. The summed E-state index contributed by atoms with van der Waals surface area (Å²) >= 11 is 1.33. The fourth-order valence-electron chi connectivity index (χ4n) is 1.98. The number of nitriles is 2. The van der Waals surface area contributed by atoms with Crippen molar-refractivity contribution in [2.24, 2.45) is 0 Å². The van der Waals surface area contributed by atoms with E-state index in [1.54, 1.807) is 17.3 Å². The number of amides is 1. The van der Waals surface area contributed by atoms with Gasteiger partial charge in [0, 0.05) is 17.9 Å². The molecule has 0 radical (unpaired) electrons. The third-order valence-corrected chi connectivity index (χ3v) is 4.35. The third-order valence-electron chi connectivity index (χ3n) is 3.27. The number of hydrogen-bond acceptors (Lipinski definition) is 6. The summed E-state index contributed by atoms with van der Waals surface area (Å²) in [5, 5.41) is 20.9. The Balaban J connectivity index is 0.000000324. The molecular formula is C17H20N6OS. The van der Waals surface area contributed by atoms with Crippen LogP contribution in [0.4, 0.5) is 0 Å². The Labute approximate surface area is 151 Å². The van der Waals surface area contributed by atoms with Gasteiger partial charge in [0.1, 0.15) is 18.2 Å². The van der Waals surface area contributed by atoms with E-state index in [0.29, 0.717) is 28.6 Å². The lowest BCUT2D eigenvalue weighted by atomic mass is 10.2. The van der Waals surface area contributed by atoms with E-state index in [1.165, 1.54) is 11.8 Å². The lowest BCUT2D eigenvalue weighted by molar-refractivity contribution is -0.125. The topological polar surface area (TPSA) is 109 Å². The quantitative estimate of drug-likeness (QED) is 0.619. The first-order chi connectivity index (χ1) is 12.0. The summed E-state index contributed by atoms with van der Waals surface area (Å²) in [6.07, 6.45) is 3.39. The normalized spacial score (nSPS) is 14.7. The van der Waals surface area contributed by atoms with E-state index < -0.39 is 0 Å². The molecule has 0 atom stereocenters. The molecule has 1 aliphatic rings. The van der Waals surface area contributed by atoms with Crippen LogP contribution in [-0.2, 0) is 4.79 Å². The van der Waals surface area contributed by atoms with Gasteiger partial charge in [-0.3, -0.25) is 4.79 Å². The highest BCUT2D eigenvalue weighted by molar-refractivity contribution is 8.04. The van der Waals surface area contributed by atoms with Gasteiger partial charge in [-0.2, -0.15) is 10.5 Å². The van der Waals surface area contributed by atoms with Crippen LogP contribution in [0.1, 0.15) is 18.3 Å². The van der Waals surface area contributed by atoms with Gasteiger partial charge in [0.25, 0.3) is 0 Å². The van der Waals surface area contributed by atoms with E-state index in [9.17, 15) is 4.79 Å². The third kappa shape index (κ3) is 5.27. The molecule has 130 valence electrons. The summed E-state index contributed by atoms with van der Waals surface area (Å²) in [5.74, 6) is 0.341. The number of rotatable bonds is 5. The van der Waals surface area contributed by atoms with Crippen molar-refractivity contribution in [2.45, 2.75) is 13.8 Å². The minimum atomic E-state index is -0.00617. The van der Waals surface area contributed by atoms with Crippen LogP contribution in [0.2, 0.25) is 0 Å². The fraction of sp³-hybridized carbons (Fsp3) is 0.294. The zero-order valence-electron chi connectivity index (χ0n) is 14.3. The number of aromatic amines is 1. The molecule has 2 N–H and O–H groups in total. The average Bonchev–Trinajstić information content (AvgIpc) is 3.19. The minimum absolute atomic E-state index is 0.00617. The van der Waals surface area contributed by atoms with Gasteiger partial charge in [0.2, 0.25) is 5.91 Å². The van der Waals surface area contributed by atoms with Crippen LogP contribution in [0.3, 0.4) is 0 Å². The Morgan fingerprint density at radius 2 is 2.32 bits per heavy atom. The molecule has 2 heterocycles. The maximum atomic E-state index is 11.5. The highest BCUT2D eigenvalue weighted by Gasteiger charge is 2.28. The first-order valence-corrected chi connectivity index (χ1v) is 8.48. The predicted molar refractivity (Wildman–Crippen MR) is 98.7 cm³/mol. The van der Waals surface area contributed by atoms with Crippen LogP contribution in [0.15, 0.2) is 35.8 Å². The zero-order chi connectivity index (χ0) is 18.8. The number of carbonyl (C=O) groups excluding carboxylic acids is 1. The number of nitrogens with zero attached hydrogens (tertiary/aromatic N) is 4. The Hall–Kier alpha value is -2.97. The Morgan fingerprint density at radius 1 is 1.60 bits per heavy atom. The van der Waals surface area contributed by atoms with Crippen molar-refractivity contribution >= 4 is 23.7 Å². The summed E-state index contributed by atoms with van der Waals surface area (Å²) in [6.45, 7) is 11.7. The zero-order valence-corrected chi connectivity index (χ0v) is 15.1. The summed E-state index contributed by atoms with van der Waals surface area (Å²) < 4.78 is 0. The van der Waals surface area contributed by atoms with Crippen molar-refractivity contribution in [2.75, 3.05) is 18.8 Å². The van der Waals surface area contributed by atoms with Crippen molar-refractivity contribution in [3.8, 4) is 12.1 Å². The molecule has 1 fully saturated rings. The predicted octanol–water partition coefficient (Wildman–Crippen LogP) is 2.30. The smallest absolute Gasteiger partial charge is 0.237 e. The van der Waals surface area contributed by atoms with Crippen molar-refractivity contribution in [3.05, 3.63) is 47.2 Å². The van der Waals surface area contributed by atoms with Crippen LogP contribution in [0.25, 0.3) is 6.08 Å². The number of allylic oxidation sites excluding steroid dienone is 1. The van der Waals surface area contributed by atoms with Gasteiger partial charge in [0.05, 0.1) is 28.9 Å². The maximum Gasteiger partial charge on any atom is 0.237 e. The monoisotopic (exact) mass is 356 g/mol. The molecule has 1 saturated heterocycles. The molecule has 8 heteroatoms. The van der Waals surface area contributed by atoms with Crippen LogP contribution in [-0.4, -0.2) is 39.6 Å². The maximum absolute atomic E-state index is 11.5. The lowest BCUT2D eigenvalue weighted by Gasteiger charge is -2.16. The molecule has 0 saturated carbocycles. The number of imidazole rings is 1. The molecule has 1 aromatic rings. The van der Waals surface area contributed by atoms with Gasteiger partial charge in [-0.1, -0.05) is 24.9 Å². The number of aromatic nitrogens is 2. The minimum Gasteiger partial charge on any atom is -0.372 e. The van der Waals surface area contributed by atoms with Crippen LogP contribution >= 0.6 is 11.8 Å². The molecule has 2 rings (SSSR count). The van der Waals surface area contributed by atoms with E-state index in [2.05, 4.69) is 28.4 Å². The van der Waals surface area contributed by atoms with Crippen LogP contribution in [0, 0.1) is 29.6 Å². The number of thioether (sulfide) groups is 1. The van der Waals surface area contributed by atoms with Crippen LogP contribution < -0.4 is 5.32 Å². The second kappa shape index (κ2) is 10.0. The lowest BCUT2D eigenvalue weighted by Crippen LogP contribution is -2.26. The van der Waals surface area contributed by atoms with Gasteiger partial charge in [-0.05, 0) is 19.9 Å². The molecule has 0 unspecified atom stereocenters. The van der Waals surface area contributed by atoms with E-state index in [-0.39, 0.29) is 12.5 Å². The summed E-state index contributed by atoms with van der Waals surface area (Å²) in [4.78, 5) is 20.0. The van der Waals surface area contributed by atoms with Gasteiger partial charge in [0.15, 0.2) is 0 Å². The molecule has 0 bridgehead atoms. The first-order valence-electron chi connectivity index (χ1n) is 7.50. The van der Waals surface area contributed by atoms with Crippen molar-refractivity contribution < 1.29 is 4.79 Å². The number of hydrogen-bond donors (Lipinski definition) is 2. The second-order valence-electron chi connectivity index (χ2n) is 4.83. The average molecular weight is 356 g/mol. The highest BCUT2D eigenvalue weighted by atomic mass is 32.2. The summed E-state index contributed by atoms with van der Waals surface area (Å²) in [5.41, 5.74) is 2.72. The molecule has 0 aliphatic carbocycles. The fourth-order valence-corrected chi connectivity index (χ4v) is 3.10. The van der Waals surface area contributed by atoms with Crippen LogP contribution in [0.5, 0.6) is 0 Å². The number of nitrogens with one attached hydrogen (secondary N) is 2. The molecule has 7 nitrogen and oxygen atoms in total.